The third-order valence-corrected chi connectivity index (χ3v) is 5.62. The van der Waals surface area contributed by atoms with E-state index in [1.54, 1.807) is 28.8 Å². The maximum atomic E-state index is 13.0. The van der Waals surface area contributed by atoms with Gasteiger partial charge in [0.05, 0.1) is 0 Å². The van der Waals surface area contributed by atoms with Gasteiger partial charge in [0.1, 0.15) is 11.8 Å². The summed E-state index contributed by atoms with van der Waals surface area (Å²) in [6, 6.07) is 17.7. The zero-order valence-electron chi connectivity index (χ0n) is 20.3. The second kappa shape index (κ2) is 13.6. The maximum Gasteiger partial charge on any atom is 0.329 e. The molecule has 0 radical (unpaired) electrons. The van der Waals surface area contributed by atoms with Crippen LogP contribution in [0, 0.1) is 0 Å². The molecule has 0 unspecified atom stereocenters. The zero-order chi connectivity index (χ0) is 25.0. The van der Waals surface area contributed by atoms with E-state index in [9.17, 15) is 14.4 Å². The Hall–Kier alpha value is -3.00. The number of nitrogens with one attached hydrogen (secondary N) is 1. The first-order valence-electron chi connectivity index (χ1n) is 11.2. The molecule has 0 aliphatic carbocycles. The van der Waals surface area contributed by atoms with E-state index in [4.69, 9.17) is 9.47 Å². The number of thioether (sulfide) groups is 1. The molecule has 1 atom stereocenters. The summed E-state index contributed by atoms with van der Waals surface area (Å²) in [5.74, 6) is -0.155. The van der Waals surface area contributed by atoms with Gasteiger partial charge in [0.2, 0.25) is 0 Å². The maximum absolute atomic E-state index is 13.0. The van der Waals surface area contributed by atoms with Crippen molar-refractivity contribution >= 4 is 29.5 Å². The molecule has 0 aliphatic rings. The molecule has 0 bridgehead atoms. The van der Waals surface area contributed by atoms with Crippen molar-refractivity contribution in [1.29, 1.82) is 0 Å². The molecule has 0 fully saturated rings. The smallest absolute Gasteiger partial charge is 0.329 e. The lowest BCUT2D eigenvalue weighted by atomic mass is 10.0. The molecule has 2 aromatic rings. The predicted molar refractivity (Wildman–Crippen MR) is 135 cm³/mol. The summed E-state index contributed by atoms with van der Waals surface area (Å²) in [7, 11) is 0. The predicted octanol–water partition coefficient (Wildman–Crippen LogP) is 3.67. The molecule has 0 saturated heterocycles. The largest absolute Gasteiger partial charge is 0.484 e. The highest BCUT2D eigenvalue weighted by atomic mass is 32.2. The van der Waals surface area contributed by atoms with Crippen molar-refractivity contribution in [2.45, 2.75) is 45.3 Å². The molecule has 2 aromatic carbocycles. The van der Waals surface area contributed by atoms with Crippen molar-refractivity contribution in [3.63, 3.8) is 0 Å². The lowest BCUT2D eigenvalue weighted by Crippen LogP contribution is -2.48. The molecule has 8 heteroatoms. The van der Waals surface area contributed by atoms with Gasteiger partial charge in [0, 0.05) is 12.1 Å². The van der Waals surface area contributed by atoms with E-state index in [2.05, 4.69) is 5.32 Å². The average molecular weight is 487 g/mol. The Bertz CT molecular complexity index is 916. The van der Waals surface area contributed by atoms with E-state index in [0.29, 0.717) is 24.5 Å². The van der Waals surface area contributed by atoms with Crippen molar-refractivity contribution in [3.8, 4) is 5.75 Å². The molecule has 184 valence electrons. The highest BCUT2D eigenvalue weighted by molar-refractivity contribution is 7.98. The van der Waals surface area contributed by atoms with Gasteiger partial charge in [-0.15, -0.1) is 0 Å². The molecule has 1 N–H and O–H groups in total. The number of benzene rings is 2. The Labute approximate surface area is 206 Å². The summed E-state index contributed by atoms with van der Waals surface area (Å²) in [4.78, 5) is 39.7. The molecule has 0 saturated carbocycles. The minimum absolute atomic E-state index is 0.221. The number of hydrogen-bond donors (Lipinski definition) is 1. The van der Waals surface area contributed by atoms with E-state index >= 15 is 0 Å². The number of hydrogen-bond acceptors (Lipinski definition) is 6. The number of rotatable bonds is 12. The Balaban J connectivity index is 1.94. The van der Waals surface area contributed by atoms with Gasteiger partial charge in [-0.1, -0.05) is 48.5 Å². The van der Waals surface area contributed by atoms with Crippen LogP contribution >= 0.6 is 11.8 Å². The SMILES string of the molecule is CSCC[C@H](NC(=O)COc1ccccc1)C(=O)OCC(=O)N(Cc1ccccc1)C(C)(C)C. The standard InChI is InChI=1S/C26H34N2O5S/c1-26(2,3)28(17-20-11-7-5-8-12-20)24(30)19-33-25(31)22(15-16-34-4)27-23(29)18-32-21-13-9-6-10-14-21/h5-14,22H,15-19H2,1-4H3,(H,27,29)/t22-/m0/s1. The first-order chi connectivity index (χ1) is 16.2. The van der Waals surface area contributed by atoms with E-state index in [-0.39, 0.29) is 12.5 Å². The van der Waals surface area contributed by atoms with Gasteiger partial charge >= 0.3 is 5.97 Å². The molecule has 7 nitrogen and oxygen atoms in total. The van der Waals surface area contributed by atoms with E-state index < -0.39 is 30.1 Å². The molecule has 0 aromatic heterocycles. The fourth-order valence-corrected chi connectivity index (χ4v) is 3.63. The molecular formula is C26H34N2O5S. The number of carbonyl (C=O) groups excluding carboxylic acids is 3. The average Bonchev–Trinajstić information content (AvgIpc) is 2.82. The molecule has 2 amide bonds. The van der Waals surface area contributed by atoms with Crippen molar-refractivity contribution < 1.29 is 23.9 Å². The number of nitrogens with zero attached hydrogens (tertiary/aromatic N) is 1. The van der Waals surface area contributed by atoms with Crippen molar-refractivity contribution in [3.05, 3.63) is 66.2 Å². The van der Waals surface area contributed by atoms with Gasteiger partial charge < -0.3 is 19.7 Å². The number of para-hydroxylation sites is 1. The fourth-order valence-electron chi connectivity index (χ4n) is 3.16. The normalized spacial score (nSPS) is 11.9. The number of ether oxygens (including phenoxy) is 2. The second-order valence-electron chi connectivity index (χ2n) is 8.75. The quantitative estimate of drug-likeness (QED) is 0.461. The summed E-state index contributed by atoms with van der Waals surface area (Å²) >= 11 is 1.55. The Morgan fingerprint density at radius 1 is 0.971 bits per heavy atom. The van der Waals surface area contributed by atoms with Gasteiger partial charge in [-0.2, -0.15) is 11.8 Å². The van der Waals surface area contributed by atoms with Crippen molar-refractivity contribution in [1.82, 2.24) is 10.2 Å². The van der Waals surface area contributed by atoms with Crippen LogP contribution in [-0.2, 0) is 25.7 Å². The van der Waals surface area contributed by atoms with Crippen LogP contribution in [0.3, 0.4) is 0 Å². The lowest BCUT2D eigenvalue weighted by Gasteiger charge is -2.35. The van der Waals surface area contributed by atoms with Gasteiger partial charge in [-0.25, -0.2) is 4.79 Å². The summed E-state index contributed by atoms with van der Waals surface area (Å²) < 4.78 is 10.8. The fraction of sp³-hybridized carbons (Fsp3) is 0.423. The summed E-state index contributed by atoms with van der Waals surface area (Å²) in [6.07, 6.45) is 2.30. The summed E-state index contributed by atoms with van der Waals surface area (Å²) in [5.41, 5.74) is 0.529. The second-order valence-corrected chi connectivity index (χ2v) is 9.73. The number of esters is 1. The van der Waals surface area contributed by atoms with Gasteiger partial charge in [0.25, 0.3) is 11.8 Å². The third kappa shape index (κ3) is 9.47. The van der Waals surface area contributed by atoms with Crippen LogP contribution in [-0.4, -0.2) is 59.5 Å². The van der Waals surface area contributed by atoms with Crippen molar-refractivity contribution in [2.24, 2.45) is 0 Å². The first-order valence-corrected chi connectivity index (χ1v) is 12.6. The minimum Gasteiger partial charge on any atom is -0.484 e. The molecule has 2 rings (SSSR count). The number of carbonyl (C=O) groups is 3. The van der Waals surface area contributed by atoms with Crippen LogP contribution < -0.4 is 10.1 Å². The minimum atomic E-state index is -0.857. The molecule has 34 heavy (non-hydrogen) atoms. The van der Waals surface area contributed by atoms with Gasteiger partial charge in [0.15, 0.2) is 13.2 Å². The van der Waals surface area contributed by atoms with Crippen LogP contribution in [0.15, 0.2) is 60.7 Å². The molecule has 0 aliphatic heterocycles. The number of amides is 2. The lowest BCUT2D eigenvalue weighted by molar-refractivity contribution is -0.156. The van der Waals surface area contributed by atoms with E-state index in [0.717, 1.165) is 5.56 Å². The highest BCUT2D eigenvalue weighted by Crippen LogP contribution is 2.18. The van der Waals surface area contributed by atoms with Crippen LogP contribution in [0.4, 0.5) is 0 Å². The van der Waals surface area contributed by atoms with Crippen LogP contribution in [0.1, 0.15) is 32.8 Å². The van der Waals surface area contributed by atoms with Crippen LogP contribution in [0.2, 0.25) is 0 Å². The van der Waals surface area contributed by atoms with Crippen LogP contribution in [0.25, 0.3) is 0 Å². The van der Waals surface area contributed by atoms with Gasteiger partial charge in [-0.05, 0) is 56.9 Å². The first kappa shape index (κ1) is 27.2. The summed E-state index contributed by atoms with van der Waals surface area (Å²) in [6.45, 7) is 5.60. The van der Waals surface area contributed by atoms with Gasteiger partial charge in [-0.3, -0.25) is 9.59 Å². The highest BCUT2D eigenvalue weighted by Gasteiger charge is 2.29. The monoisotopic (exact) mass is 486 g/mol. The zero-order valence-corrected chi connectivity index (χ0v) is 21.1. The van der Waals surface area contributed by atoms with E-state index in [1.165, 1.54) is 0 Å². The topological polar surface area (TPSA) is 84.9 Å². The molecular weight excluding hydrogens is 452 g/mol. The van der Waals surface area contributed by atoms with E-state index in [1.807, 2.05) is 75.6 Å². The third-order valence-electron chi connectivity index (χ3n) is 4.98. The summed E-state index contributed by atoms with van der Waals surface area (Å²) in [5, 5.41) is 2.67. The molecule has 0 heterocycles. The molecule has 0 spiro atoms. The van der Waals surface area contributed by atoms with Crippen molar-refractivity contribution in [2.75, 3.05) is 25.2 Å². The Morgan fingerprint density at radius 3 is 2.18 bits per heavy atom. The Morgan fingerprint density at radius 2 is 1.59 bits per heavy atom. The Kier molecular flexibility index (Phi) is 10.9. The van der Waals surface area contributed by atoms with Crippen LogP contribution in [0.5, 0.6) is 5.75 Å².